The van der Waals surface area contributed by atoms with Gasteiger partial charge in [0.25, 0.3) is 0 Å². The van der Waals surface area contributed by atoms with Crippen molar-refractivity contribution in [2.45, 2.75) is 13.8 Å². The second kappa shape index (κ2) is 4.23. The highest BCUT2D eigenvalue weighted by Crippen LogP contribution is 2.23. The van der Waals surface area contributed by atoms with Crippen LogP contribution in [0.3, 0.4) is 0 Å². The number of nitrogens with two attached hydrogens (primary N) is 1. The Morgan fingerprint density at radius 1 is 1.38 bits per heavy atom. The molecule has 0 saturated carbocycles. The van der Waals surface area contributed by atoms with Gasteiger partial charge in [0.2, 0.25) is 0 Å². The number of aromatic nitrogens is 2. The fourth-order valence-electron chi connectivity index (χ4n) is 1.72. The van der Waals surface area contributed by atoms with E-state index in [0.717, 1.165) is 16.9 Å². The molecule has 3 heteroatoms. The molecule has 2 rings (SSSR count). The highest BCUT2D eigenvalue weighted by Gasteiger charge is 2.10. The Bertz CT molecular complexity index is 562. The van der Waals surface area contributed by atoms with Crippen LogP contribution in [-0.4, -0.2) is 9.38 Å². The monoisotopic (exact) mass is 213 g/mol. The molecule has 2 N–H and O–H groups in total. The summed E-state index contributed by atoms with van der Waals surface area (Å²) in [5.41, 5.74) is 8.83. The fourth-order valence-corrected chi connectivity index (χ4v) is 1.72. The van der Waals surface area contributed by atoms with Gasteiger partial charge in [0.1, 0.15) is 17.2 Å². The summed E-state index contributed by atoms with van der Waals surface area (Å²) in [6.45, 7) is 3.97. The van der Waals surface area contributed by atoms with Crippen molar-refractivity contribution in [2.24, 2.45) is 0 Å². The molecule has 0 aliphatic rings. The third kappa shape index (κ3) is 1.60. The van der Waals surface area contributed by atoms with Gasteiger partial charge in [-0.25, -0.2) is 4.98 Å². The minimum absolute atomic E-state index is 0.682. The largest absolute Gasteiger partial charge is 0.383 e. The minimum Gasteiger partial charge on any atom is -0.383 e. The third-order valence-corrected chi connectivity index (χ3v) is 2.50. The van der Waals surface area contributed by atoms with E-state index in [9.17, 15) is 0 Å². The molecule has 0 amide bonds. The number of allylic oxidation sites excluding steroid dienone is 4. The predicted octanol–water partition coefficient (Wildman–Crippen LogP) is 2.90. The summed E-state index contributed by atoms with van der Waals surface area (Å²) in [6.07, 6.45) is 7.93. The summed E-state index contributed by atoms with van der Waals surface area (Å²) in [5.74, 6) is 0.682. The molecule has 0 aliphatic heterocycles. The number of nitrogen functional groups attached to an aromatic ring is 1. The quantitative estimate of drug-likeness (QED) is 0.779. The first-order valence-electron chi connectivity index (χ1n) is 5.30. The molecule has 2 heterocycles. The summed E-state index contributed by atoms with van der Waals surface area (Å²) in [7, 11) is 0. The van der Waals surface area contributed by atoms with Crippen LogP contribution in [0.4, 0.5) is 5.82 Å². The molecule has 0 aliphatic carbocycles. The summed E-state index contributed by atoms with van der Waals surface area (Å²) in [6, 6.07) is 5.85. The van der Waals surface area contributed by atoms with Gasteiger partial charge in [0.15, 0.2) is 0 Å². The molecule has 3 nitrogen and oxygen atoms in total. The van der Waals surface area contributed by atoms with Gasteiger partial charge in [-0.2, -0.15) is 0 Å². The molecule has 16 heavy (non-hydrogen) atoms. The molecule has 2 aromatic rings. The van der Waals surface area contributed by atoms with Gasteiger partial charge in [-0.05, 0) is 31.6 Å². The van der Waals surface area contributed by atoms with E-state index in [2.05, 4.69) is 4.98 Å². The van der Waals surface area contributed by atoms with Crippen LogP contribution in [0, 0.1) is 0 Å². The smallest absolute Gasteiger partial charge is 0.139 e. The molecule has 0 atom stereocenters. The van der Waals surface area contributed by atoms with E-state index in [1.54, 1.807) is 0 Å². The standard InChI is InChI=1S/C13H15N3/c1-3-7-10(4-2)12-13(14)16-9-6-5-8-11(16)15-12/h3-9H,14H2,1-2H3/b7-3-,10-4+. The number of hydrogen-bond acceptors (Lipinski definition) is 2. The number of nitrogens with zero attached hydrogens (tertiary/aromatic N) is 2. The fraction of sp³-hybridized carbons (Fsp3) is 0.154. The maximum absolute atomic E-state index is 6.07. The van der Waals surface area contributed by atoms with E-state index >= 15 is 0 Å². The Morgan fingerprint density at radius 3 is 2.81 bits per heavy atom. The number of imidazole rings is 1. The first-order chi connectivity index (χ1) is 7.77. The lowest BCUT2D eigenvalue weighted by molar-refractivity contribution is 1.20. The predicted molar refractivity (Wildman–Crippen MR) is 68.1 cm³/mol. The number of pyridine rings is 1. The molecule has 0 saturated heterocycles. The van der Waals surface area contributed by atoms with Gasteiger partial charge in [0.05, 0.1) is 0 Å². The van der Waals surface area contributed by atoms with Crippen molar-refractivity contribution in [2.75, 3.05) is 5.73 Å². The van der Waals surface area contributed by atoms with Crippen molar-refractivity contribution in [1.82, 2.24) is 9.38 Å². The van der Waals surface area contributed by atoms with Crippen LogP contribution in [0.15, 0.2) is 42.6 Å². The molecule has 0 spiro atoms. The topological polar surface area (TPSA) is 43.3 Å². The average Bonchev–Trinajstić information content (AvgIpc) is 2.64. The van der Waals surface area contributed by atoms with Crippen molar-refractivity contribution >= 4 is 17.0 Å². The van der Waals surface area contributed by atoms with Crippen molar-refractivity contribution in [3.63, 3.8) is 0 Å². The summed E-state index contributed by atoms with van der Waals surface area (Å²) in [5, 5.41) is 0. The van der Waals surface area contributed by atoms with Crippen molar-refractivity contribution in [1.29, 1.82) is 0 Å². The number of anilines is 1. The molecule has 82 valence electrons. The lowest BCUT2D eigenvalue weighted by atomic mass is 10.1. The molecule has 0 bridgehead atoms. The zero-order valence-corrected chi connectivity index (χ0v) is 9.51. The van der Waals surface area contributed by atoms with E-state index in [0.29, 0.717) is 5.82 Å². The second-order valence-electron chi connectivity index (χ2n) is 3.52. The molecule has 2 aromatic heterocycles. The Hall–Kier alpha value is -2.03. The number of rotatable bonds is 2. The van der Waals surface area contributed by atoms with Gasteiger partial charge < -0.3 is 5.73 Å². The second-order valence-corrected chi connectivity index (χ2v) is 3.52. The van der Waals surface area contributed by atoms with Gasteiger partial charge in [-0.15, -0.1) is 0 Å². The number of fused-ring (bicyclic) bond motifs is 1. The van der Waals surface area contributed by atoms with E-state index in [1.165, 1.54) is 0 Å². The lowest BCUT2D eigenvalue weighted by Gasteiger charge is -1.98. The van der Waals surface area contributed by atoms with Crippen LogP contribution in [0.5, 0.6) is 0 Å². The van der Waals surface area contributed by atoms with Gasteiger partial charge in [0, 0.05) is 6.20 Å². The summed E-state index contributed by atoms with van der Waals surface area (Å²) in [4.78, 5) is 4.52. The molecule has 0 aromatic carbocycles. The van der Waals surface area contributed by atoms with Crippen LogP contribution in [-0.2, 0) is 0 Å². The third-order valence-electron chi connectivity index (χ3n) is 2.50. The maximum atomic E-state index is 6.07. The van der Waals surface area contributed by atoms with Crippen molar-refractivity contribution < 1.29 is 0 Å². The minimum atomic E-state index is 0.682. The number of hydrogen-bond donors (Lipinski definition) is 1. The molecule has 0 fully saturated rings. The highest BCUT2D eigenvalue weighted by molar-refractivity contribution is 5.79. The van der Waals surface area contributed by atoms with Crippen LogP contribution in [0.25, 0.3) is 11.2 Å². The first kappa shape index (κ1) is 10.5. The van der Waals surface area contributed by atoms with Gasteiger partial charge in [-0.3, -0.25) is 4.40 Å². The summed E-state index contributed by atoms with van der Waals surface area (Å²) >= 11 is 0. The molecular weight excluding hydrogens is 198 g/mol. The normalized spacial score (nSPS) is 12.8. The van der Waals surface area contributed by atoms with Crippen molar-refractivity contribution in [3.05, 3.63) is 48.3 Å². The Balaban J connectivity index is 2.65. The molecule has 0 unspecified atom stereocenters. The van der Waals surface area contributed by atoms with E-state index in [-0.39, 0.29) is 0 Å². The lowest BCUT2D eigenvalue weighted by Crippen LogP contribution is -1.94. The van der Waals surface area contributed by atoms with Gasteiger partial charge in [-0.1, -0.05) is 24.3 Å². The van der Waals surface area contributed by atoms with E-state index in [4.69, 9.17) is 5.73 Å². The Kier molecular flexibility index (Phi) is 2.77. The SMILES string of the molecule is C/C=C\C(=C/C)c1nc2ccccn2c1N. The van der Waals surface area contributed by atoms with Crippen LogP contribution in [0.1, 0.15) is 19.5 Å². The van der Waals surface area contributed by atoms with Crippen molar-refractivity contribution in [3.8, 4) is 0 Å². The Morgan fingerprint density at radius 2 is 2.19 bits per heavy atom. The maximum Gasteiger partial charge on any atom is 0.139 e. The Labute approximate surface area is 94.9 Å². The molecular formula is C13H15N3. The average molecular weight is 213 g/mol. The van der Waals surface area contributed by atoms with E-state index < -0.39 is 0 Å². The zero-order chi connectivity index (χ0) is 11.5. The van der Waals surface area contributed by atoms with Crippen LogP contribution < -0.4 is 5.73 Å². The van der Waals surface area contributed by atoms with Crippen LogP contribution >= 0.6 is 0 Å². The first-order valence-corrected chi connectivity index (χ1v) is 5.30. The molecule has 0 radical (unpaired) electrons. The van der Waals surface area contributed by atoms with Crippen LogP contribution in [0.2, 0.25) is 0 Å². The highest BCUT2D eigenvalue weighted by atomic mass is 15.1. The summed E-state index contributed by atoms with van der Waals surface area (Å²) < 4.78 is 1.89. The van der Waals surface area contributed by atoms with Gasteiger partial charge >= 0.3 is 0 Å². The zero-order valence-electron chi connectivity index (χ0n) is 9.51. The van der Waals surface area contributed by atoms with E-state index in [1.807, 2.05) is 60.9 Å².